The van der Waals surface area contributed by atoms with Gasteiger partial charge in [0.15, 0.2) is 5.65 Å². The number of hydrogen-bond acceptors (Lipinski definition) is 5. The molecule has 3 aromatic heterocycles. The highest BCUT2D eigenvalue weighted by Crippen LogP contribution is 2.35. The van der Waals surface area contributed by atoms with Gasteiger partial charge in [-0.05, 0) is 18.2 Å². The van der Waals surface area contributed by atoms with E-state index in [4.69, 9.17) is 4.74 Å². The van der Waals surface area contributed by atoms with Crippen LogP contribution in [0.25, 0.3) is 22.3 Å². The number of rotatable bonds is 4. The predicted molar refractivity (Wildman–Crippen MR) is 86.7 cm³/mol. The number of alkyl halides is 3. The minimum Gasteiger partial charge on any atom is -0.383 e. The number of halogens is 3. The molecule has 0 unspecified atom stereocenters. The van der Waals surface area contributed by atoms with Gasteiger partial charge >= 0.3 is 11.9 Å². The molecule has 0 fully saturated rings. The van der Waals surface area contributed by atoms with Crippen molar-refractivity contribution < 1.29 is 17.9 Å². The van der Waals surface area contributed by atoms with E-state index in [9.17, 15) is 22.8 Å². The first kappa shape index (κ1) is 17.8. The minimum absolute atomic E-state index is 0.0246. The molecule has 0 bridgehead atoms. The van der Waals surface area contributed by atoms with Gasteiger partial charge in [-0.15, -0.1) is 0 Å². The van der Waals surface area contributed by atoms with Crippen LogP contribution in [0.1, 0.15) is 5.56 Å². The highest BCUT2D eigenvalue weighted by molar-refractivity contribution is 5.82. The lowest BCUT2D eigenvalue weighted by molar-refractivity contribution is -0.136. The fourth-order valence-corrected chi connectivity index (χ4v) is 2.56. The summed E-state index contributed by atoms with van der Waals surface area (Å²) in [6.07, 6.45) is -1.99. The van der Waals surface area contributed by atoms with E-state index in [1.54, 1.807) is 0 Å². The second kappa shape index (κ2) is 6.71. The Morgan fingerprint density at radius 1 is 1.23 bits per heavy atom. The van der Waals surface area contributed by atoms with Gasteiger partial charge in [-0.1, -0.05) is 0 Å². The number of fused-ring (bicyclic) bond motifs is 1. The van der Waals surface area contributed by atoms with Gasteiger partial charge < -0.3 is 4.74 Å². The molecule has 3 rings (SSSR count). The number of nitrogens with one attached hydrogen (secondary N) is 1. The van der Waals surface area contributed by atoms with Crippen LogP contribution in [0.2, 0.25) is 0 Å². The Kier molecular flexibility index (Phi) is 4.60. The summed E-state index contributed by atoms with van der Waals surface area (Å²) in [6, 6.07) is 3.76. The van der Waals surface area contributed by atoms with Crippen molar-refractivity contribution in [3.8, 4) is 11.3 Å². The molecule has 0 aromatic carbocycles. The number of methoxy groups -OCH3 is 1. The Bertz CT molecular complexity index is 1060. The van der Waals surface area contributed by atoms with Crippen LogP contribution in [0.3, 0.4) is 0 Å². The summed E-state index contributed by atoms with van der Waals surface area (Å²) in [5.41, 5.74) is -3.16. The van der Waals surface area contributed by atoms with Gasteiger partial charge in [-0.2, -0.15) is 13.2 Å². The van der Waals surface area contributed by atoms with Crippen LogP contribution in [0.5, 0.6) is 0 Å². The molecule has 0 aliphatic rings. The lowest BCUT2D eigenvalue weighted by Crippen LogP contribution is -2.33. The molecule has 0 aliphatic carbocycles. The normalized spacial score (nSPS) is 11.8. The smallest absolute Gasteiger partial charge is 0.383 e. The predicted octanol–water partition coefficient (Wildman–Crippen LogP) is 1.81. The van der Waals surface area contributed by atoms with Crippen molar-refractivity contribution in [2.24, 2.45) is 0 Å². The van der Waals surface area contributed by atoms with Gasteiger partial charge in [-0.25, -0.2) is 9.78 Å². The van der Waals surface area contributed by atoms with Gasteiger partial charge in [-0.3, -0.25) is 19.3 Å². The van der Waals surface area contributed by atoms with Crippen LogP contribution >= 0.6 is 0 Å². The Labute approximate surface area is 144 Å². The van der Waals surface area contributed by atoms with Crippen molar-refractivity contribution in [1.82, 2.24) is 19.5 Å². The van der Waals surface area contributed by atoms with Crippen molar-refractivity contribution in [2.75, 3.05) is 13.7 Å². The summed E-state index contributed by atoms with van der Waals surface area (Å²) in [7, 11) is 1.38. The van der Waals surface area contributed by atoms with Crippen molar-refractivity contribution in [3.05, 3.63) is 57.0 Å². The zero-order valence-electron chi connectivity index (χ0n) is 13.5. The quantitative estimate of drug-likeness (QED) is 0.761. The van der Waals surface area contributed by atoms with Gasteiger partial charge in [0.2, 0.25) is 0 Å². The standard InChI is InChI=1S/C16H13F3N4O3/c1-26-7-6-23-13-12(14(24)22-15(23)25)10(16(17,18)19)8-11(21-13)9-2-4-20-5-3-9/h2-5,8H,6-7H2,1H3,(H,22,24,25). The zero-order valence-corrected chi connectivity index (χ0v) is 13.5. The van der Waals surface area contributed by atoms with Crippen LogP contribution in [0, 0.1) is 0 Å². The maximum Gasteiger partial charge on any atom is 0.417 e. The van der Waals surface area contributed by atoms with Crippen LogP contribution in [0.4, 0.5) is 13.2 Å². The monoisotopic (exact) mass is 366 g/mol. The maximum absolute atomic E-state index is 13.6. The Hall–Kier alpha value is -3.01. The topological polar surface area (TPSA) is 89.9 Å². The molecule has 136 valence electrons. The largest absolute Gasteiger partial charge is 0.417 e. The van der Waals surface area contributed by atoms with E-state index in [-0.39, 0.29) is 24.5 Å². The fourth-order valence-electron chi connectivity index (χ4n) is 2.56. The van der Waals surface area contributed by atoms with Crippen molar-refractivity contribution >= 4 is 11.0 Å². The van der Waals surface area contributed by atoms with E-state index < -0.39 is 28.4 Å². The van der Waals surface area contributed by atoms with E-state index in [2.05, 4.69) is 9.97 Å². The van der Waals surface area contributed by atoms with Crippen LogP contribution in [0.15, 0.2) is 40.2 Å². The number of pyridine rings is 2. The van der Waals surface area contributed by atoms with E-state index in [0.717, 1.165) is 10.6 Å². The molecule has 0 aliphatic heterocycles. The summed E-state index contributed by atoms with van der Waals surface area (Å²) in [4.78, 5) is 34.1. The molecular weight excluding hydrogens is 353 g/mol. The van der Waals surface area contributed by atoms with Gasteiger partial charge in [0, 0.05) is 25.1 Å². The molecular formula is C16H13F3N4O3. The molecule has 0 saturated heterocycles. The van der Waals surface area contributed by atoms with Gasteiger partial charge in [0.05, 0.1) is 29.8 Å². The first-order valence-electron chi connectivity index (χ1n) is 7.47. The Morgan fingerprint density at radius 2 is 1.92 bits per heavy atom. The molecule has 26 heavy (non-hydrogen) atoms. The van der Waals surface area contributed by atoms with E-state index in [1.807, 2.05) is 4.98 Å². The summed E-state index contributed by atoms with van der Waals surface area (Å²) in [6.45, 7) is -0.00370. The van der Waals surface area contributed by atoms with Gasteiger partial charge in [0.1, 0.15) is 0 Å². The first-order chi connectivity index (χ1) is 12.3. The van der Waals surface area contributed by atoms with Crippen LogP contribution in [-0.4, -0.2) is 33.2 Å². The number of ether oxygens (including phenoxy) is 1. The Morgan fingerprint density at radius 3 is 2.54 bits per heavy atom. The highest BCUT2D eigenvalue weighted by Gasteiger charge is 2.35. The molecule has 3 heterocycles. The van der Waals surface area contributed by atoms with Crippen molar-refractivity contribution in [3.63, 3.8) is 0 Å². The molecule has 0 radical (unpaired) electrons. The summed E-state index contributed by atoms with van der Waals surface area (Å²) >= 11 is 0. The fraction of sp³-hybridized carbons (Fsp3) is 0.250. The third-order valence-electron chi connectivity index (χ3n) is 3.75. The number of H-pyrrole nitrogens is 1. The van der Waals surface area contributed by atoms with Crippen LogP contribution < -0.4 is 11.2 Å². The lowest BCUT2D eigenvalue weighted by Gasteiger charge is -2.15. The van der Waals surface area contributed by atoms with Gasteiger partial charge in [0.25, 0.3) is 5.56 Å². The van der Waals surface area contributed by atoms with E-state index >= 15 is 0 Å². The third kappa shape index (κ3) is 3.23. The molecule has 10 heteroatoms. The first-order valence-corrected chi connectivity index (χ1v) is 7.47. The Balaban J connectivity index is 2.44. The summed E-state index contributed by atoms with van der Waals surface area (Å²) < 4.78 is 46.6. The SMILES string of the molecule is COCCn1c(=O)[nH]c(=O)c2c(C(F)(F)F)cc(-c3ccncc3)nc21. The zero-order chi connectivity index (χ0) is 18.9. The van der Waals surface area contributed by atoms with Crippen molar-refractivity contribution in [2.45, 2.75) is 12.7 Å². The average Bonchev–Trinajstić information content (AvgIpc) is 2.60. The molecule has 0 spiro atoms. The molecule has 7 nitrogen and oxygen atoms in total. The number of aromatic nitrogens is 4. The molecule has 0 saturated carbocycles. The molecule has 3 aromatic rings. The number of hydrogen-bond donors (Lipinski definition) is 1. The third-order valence-corrected chi connectivity index (χ3v) is 3.75. The second-order valence-corrected chi connectivity index (χ2v) is 5.39. The number of aromatic amines is 1. The molecule has 0 amide bonds. The minimum atomic E-state index is -4.81. The molecule has 1 N–H and O–H groups in total. The maximum atomic E-state index is 13.6. The van der Waals surface area contributed by atoms with E-state index in [1.165, 1.54) is 31.6 Å². The molecule has 0 atom stereocenters. The second-order valence-electron chi connectivity index (χ2n) is 5.39. The van der Waals surface area contributed by atoms with Crippen LogP contribution in [-0.2, 0) is 17.5 Å². The lowest BCUT2D eigenvalue weighted by atomic mass is 10.1. The number of nitrogens with zero attached hydrogens (tertiary/aromatic N) is 3. The highest BCUT2D eigenvalue weighted by atomic mass is 19.4. The average molecular weight is 366 g/mol. The summed E-state index contributed by atoms with van der Waals surface area (Å²) in [5, 5.41) is -0.689. The van der Waals surface area contributed by atoms with Crippen molar-refractivity contribution in [1.29, 1.82) is 0 Å². The van der Waals surface area contributed by atoms with E-state index in [0.29, 0.717) is 5.56 Å². The summed E-state index contributed by atoms with van der Waals surface area (Å²) in [5.74, 6) is 0.